The first-order chi connectivity index (χ1) is 13.8. The van der Waals surface area contributed by atoms with Gasteiger partial charge in [-0.3, -0.25) is 4.90 Å². The molecule has 0 amide bonds. The lowest BCUT2D eigenvalue weighted by molar-refractivity contribution is 0.0318. The van der Waals surface area contributed by atoms with E-state index in [2.05, 4.69) is 10.2 Å². The predicted molar refractivity (Wildman–Crippen MR) is 114 cm³/mol. The van der Waals surface area contributed by atoms with Gasteiger partial charge in [0.05, 0.1) is 36.6 Å². The molecule has 3 rings (SSSR count). The molecule has 158 valence electrons. The molecule has 0 radical (unpaired) electrons. The van der Waals surface area contributed by atoms with Crippen LogP contribution in [0, 0.1) is 0 Å². The zero-order valence-electron chi connectivity index (χ0n) is 15.6. The maximum atomic E-state index is 11.9. The fourth-order valence-corrected chi connectivity index (χ4v) is 4.20. The van der Waals surface area contributed by atoms with E-state index < -0.39 is 10.0 Å². The molecule has 3 N–H and O–H groups in total. The van der Waals surface area contributed by atoms with Gasteiger partial charge in [0.2, 0.25) is 10.0 Å². The molecule has 2 aromatic rings. The van der Waals surface area contributed by atoms with Gasteiger partial charge >= 0.3 is 0 Å². The molecule has 1 aliphatic rings. The van der Waals surface area contributed by atoms with Crippen LogP contribution in [0.15, 0.2) is 39.8 Å². The summed E-state index contributed by atoms with van der Waals surface area (Å²) in [4.78, 5) is 2.00. The van der Waals surface area contributed by atoms with E-state index in [0.717, 1.165) is 13.1 Å². The minimum atomic E-state index is -4.02. The van der Waals surface area contributed by atoms with E-state index in [-0.39, 0.29) is 15.0 Å². The first kappa shape index (κ1) is 22.0. The third kappa shape index (κ3) is 6.14. The molecule has 2 heterocycles. The minimum absolute atomic E-state index is 0.00527. The van der Waals surface area contributed by atoms with Crippen molar-refractivity contribution in [1.82, 2.24) is 4.90 Å². The normalized spacial score (nSPS) is 15.2. The average Bonchev–Trinajstić information content (AvgIpc) is 3.19. The molecular weight excluding hydrogens is 438 g/mol. The van der Waals surface area contributed by atoms with Gasteiger partial charge in [-0.05, 0) is 36.5 Å². The Balaban J connectivity index is 1.75. The van der Waals surface area contributed by atoms with Gasteiger partial charge in [-0.25, -0.2) is 13.6 Å². The molecule has 0 atom stereocenters. The standard InChI is InChI=1S/C18H22ClN3O5S2/c19-15-11-16(21-12-13-2-1-6-26-13)14(10-17(15)29(20,23)24)18(28)27-9-5-22-3-7-25-8-4-22/h1-2,6,10-11,21H,3-5,7-9,12H2,(H2,20,23,24). The zero-order valence-corrected chi connectivity index (χ0v) is 18.0. The van der Waals surface area contributed by atoms with E-state index in [4.69, 9.17) is 42.8 Å². The Labute approximate surface area is 179 Å². The van der Waals surface area contributed by atoms with Gasteiger partial charge < -0.3 is 19.2 Å². The number of nitrogens with two attached hydrogens (primary N) is 1. The van der Waals surface area contributed by atoms with Gasteiger partial charge in [0.25, 0.3) is 0 Å². The highest BCUT2D eigenvalue weighted by molar-refractivity contribution is 7.89. The minimum Gasteiger partial charge on any atom is -0.481 e. The van der Waals surface area contributed by atoms with Crippen LogP contribution in [0.1, 0.15) is 11.3 Å². The lowest BCUT2D eigenvalue weighted by Crippen LogP contribution is -2.38. The van der Waals surface area contributed by atoms with Crippen molar-refractivity contribution in [3.63, 3.8) is 0 Å². The first-order valence-electron chi connectivity index (χ1n) is 8.94. The van der Waals surface area contributed by atoms with Crippen LogP contribution in [0.25, 0.3) is 0 Å². The second-order valence-electron chi connectivity index (χ2n) is 6.40. The number of morpholine rings is 1. The molecule has 1 aromatic heterocycles. The second-order valence-corrected chi connectivity index (χ2v) is 8.70. The molecule has 0 spiro atoms. The van der Waals surface area contributed by atoms with Crippen molar-refractivity contribution in [3.05, 3.63) is 46.9 Å². The number of rotatable bonds is 8. The van der Waals surface area contributed by atoms with Gasteiger partial charge in [-0.15, -0.1) is 0 Å². The topological polar surface area (TPSA) is 107 Å². The summed E-state index contributed by atoms with van der Waals surface area (Å²) in [6.07, 6.45) is 1.56. The van der Waals surface area contributed by atoms with Crippen LogP contribution in [0.2, 0.25) is 5.02 Å². The largest absolute Gasteiger partial charge is 0.481 e. The Bertz CT molecular complexity index is 945. The average molecular weight is 460 g/mol. The van der Waals surface area contributed by atoms with Gasteiger partial charge in [0, 0.05) is 25.3 Å². The number of thiocarbonyl (C=S) groups is 1. The molecular formula is C18H22ClN3O5S2. The molecule has 0 bridgehead atoms. The Morgan fingerprint density at radius 2 is 2.10 bits per heavy atom. The van der Waals surface area contributed by atoms with E-state index in [1.54, 1.807) is 12.3 Å². The molecule has 1 aromatic carbocycles. The number of primary sulfonamides is 1. The highest BCUT2D eigenvalue weighted by Crippen LogP contribution is 2.29. The lowest BCUT2D eigenvalue weighted by atomic mass is 10.2. The summed E-state index contributed by atoms with van der Waals surface area (Å²) >= 11 is 11.5. The van der Waals surface area contributed by atoms with Crippen molar-refractivity contribution in [3.8, 4) is 0 Å². The number of hydrogen-bond donors (Lipinski definition) is 2. The molecule has 11 heteroatoms. The maximum absolute atomic E-state index is 11.9. The molecule has 1 saturated heterocycles. The number of halogens is 1. The molecule has 0 unspecified atom stereocenters. The predicted octanol–water partition coefficient (Wildman–Crippen LogP) is 2.22. The van der Waals surface area contributed by atoms with Crippen molar-refractivity contribution < 1.29 is 22.3 Å². The number of sulfonamides is 1. The van der Waals surface area contributed by atoms with E-state index in [9.17, 15) is 8.42 Å². The van der Waals surface area contributed by atoms with Crippen LogP contribution >= 0.6 is 23.8 Å². The summed E-state index contributed by atoms with van der Waals surface area (Å²) in [6.45, 7) is 4.48. The summed E-state index contributed by atoms with van der Waals surface area (Å²) in [5.41, 5.74) is 0.914. The fourth-order valence-electron chi connectivity index (χ4n) is 2.85. The van der Waals surface area contributed by atoms with E-state index in [0.29, 0.717) is 49.9 Å². The molecule has 1 aliphatic heterocycles. The second kappa shape index (κ2) is 9.88. The number of anilines is 1. The highest BCUT2D eigenvalue weighted by atomic mass is 35.5. The van der Waals surface area contributed by atoms with Gasteiger partial charge in [0.15, 0.2) is 5.05 Å². The molecule has 29 heavy (non-hydrogen) atoms. The molecule has 0 aliphatic carbocycles. The van der Waals surface area contributed by atoms with Crippen LogP contribution in [-0.2, 0) is 26.0 Å². The van der Waals surface area contributed by atoms with Crippen molar-refractivity contribution >= 4 is 44.6 Å². The van der Waals surface area contributed by atoms with Crippen LogP contribution in [0.5, 0.6) is 0 Å². The lowest BCUT2D eigenvalue weighted by Gasteiger charge is -2.26. The SMILES string of the molecule is NS(=O)(=O)c1cc(C(=S)OCCN2CCOCC2)c(NCc2ccco2)cc1Cl. The summed E-state index contributed by atoms with van der Waals surface area (Å²) in [5, 5.41) is 8.57. The highest BCUT2D eigenvalue weighted by Gasteiger charge is 2.20. The number of furan rings is 1. The number of benzene rings is 1. The zero-order chi connectivity index (χ0) is 20.9. The summed E-state index contributed by atoms with van der Waals surface area (Å²) < 4.78 is 40.1. The number of hydrogen-bond acceptors (Lipinski definition) is 8. The van der Waals surface area contributed by atoms with Crippen molar-refractivity contribution in [1.29, 1.82) is 0 Å². The van der Waals surface area contributed by atoms with Crippen molar-refractivity contribution in [2.45, 2.75) is 11.4 Å². The first-order valence-corrected chi connectivity index (χ1v) is 11.3. The van der Waals surface area contributed by atoms with Crippen molar-refractivity contribution in [2.75, 3.05) is 44.8 Å². The Kier molecular flexibility index (Phi) is 7.49. The third-order valence-corrected chi connectivity index (χ3v) is 6.09. The summed E-state index contributed by atoms with van der Waals surface area (Å²) in [5.74, 6) is 0.696. The smallest absolute Gasteiger partial charge is 0.239 e. The number of nitrogens with one attached hydrogen (secondary N) is 1. The molecule has 0 saturated carbocycles. The van der Waals surface area contributed by atoms with Crippen molar-refractivity contribution in [2.24, 2.45) is 5.14 Å². The number of ether oxygens (including phenoxy) is 2. The van der Waals surface area contributed by atoms with Crippen LogP contribution in [-0.4, -0.2) is 57.8 Å². The van der Waals surface area contributed by atoms with Crippen LogP contribution in [0.3, 0.4) is 0 Å². The Morgan fingerprint density at radius 3 is 2.76 bits per heavy atom. The van der Waals surface area contributed by atoms with E-state index in [1.165, 1.54) is 12.1 Å². The number of nitrogens with zero attached hydrogens (tertiary/aromatic N) is 1. The quantitative estimate of drug-likeness (QED) is 0.578. The van der Waals surface area contributed by atoms with Gasteiger partial charge in [-0.1, -0.05) is 11.6 Å². The fraction of sp³-hybridized carbons (Fsp3) is 0.389. The molecule has 8 nitrogen and oxygen atoms in total. The van der Waals surface area contributed by atoms with Crippen LogP contribution < -0.4 is 10.5 Å². The van der Waals surface area contributed by atoms with Gasteiger partial charge in [0.1, 0.15) is 17.3 Å². The summed E-state index contributed by atoms with van der Waals surface area (Å²) in [7, 11) is -4.02. The summed E-state index contributed by atoms with van der Waals surface area (Å²) in [6, 6.07) is 6.38. The third-order valence-electron chi connectivity index (χ3n) is 4.38. The van der Waals surface area contributed by atoms with E-state index >= 15 is 0 Å². The Morgan fingerprint density at radius 1 is 1.34 bits per heavy atom. The van der Waals surface area contributed by atoms with Crippen LogP contribution in [0.4, 0.5) is 5.69 Å². The molecule has 1 fully saturated rings. The Hall–Kier alpha value is -1.69. The maximum Gasteiger partial charge on any atom is 0.239 e. The monoisotopic (exact) mass is 459 g/mol. The van der Waals surface area contributed by atoms with Gasteiger partial charge in [-0.2, -0.15) is 0 Å². The van der Waals surface area contributed by atoms with E-state index in [1.807, 2.05) is 6.07 Å².